The highest BCUT2D eigenvalue weighted by Gasteiger charge is 2.08. The summed E-state index contributed by atoms with van der Waals surface area (Å²) in [7, 11) is 3.54. The third kappa shape index (κ3) is 4.51. The lowest BCUT2D eigenvalue weighted by atomic mass is 10.3. The van der Waals surface area contributed by atoms with E-state index in [0.29, 0.717) is 11.6 Å². The van der Waals surface area contributed by atoms with Gasteiger partial charge in [-0.15, -0.1) is 0 Å². The third-order valence-electron chi connectivity index (χ3n) is 1.90. The summed E-state index contributed by atoms with van der Waals surface area (Å²) in [4.78, 5) is 0. The minimum Gasteiger partial charge on any atom is -0.487 e. The van der Waals surface area contributed by atoms with E-state index in [9.17, 15) is 0 Å². The standard InChI is InChI=1S/C11H16ClNO2/c1-13-7-11(8-14-2)15-10-5-3-9(12)4-6-10/h3-6,11,13H,7-8H2,1-2H3. The molecule has 0 heterocycles. The van der Waals surface area contributed by atoms with E-state index in [1.807, 2.05) is 19.2 Å². The predicted octanol–water partition coefficient (Wildman–Crippen LogP) is 1.95. The van der Waals surface area contributed by atoms with Crippen LogP contribution >= 0.6 is 11.6 Å². The number of nitrogens with one attached hydrogen (secondary N) is 1. The summed E-state index contributed by atoms with van der Waals surface area (Å²) in [5, 5.41) is 3.76. The first-order valence-electron chi connectivity index (χ1n) is 4.82. The molecule has 0 fully saturated rings. The van der Waals surface area contributed by atoms with E-state index < -0.39 is 0 Å². The molecule has 0 aliphatic heterocycles. The molecule has 1 aromatic carbocycles. The molecular weight excluding hydrogens is 214 g/mol. The number of hydrogen-bond donors (Lipinski definition) is 1. The highest BCUT2D eigenvalue weighted by molar-refractivity contribution is 6.30. The normalized spacial score (nSPS) is 12.5. The Bertz CT molecular complexity index is 270. The van der Waals surface area contributed by atoms with Crippen molar-refractivity contribution in [3.63, 3.8) is 0 Å². The number of benzene rings is 1. The molecule has 15 heavy (non-hydrogen) atoms. The van der Waals surface area contributed by atoms with Gasteiger partial charge in [0.2, 0.25) is 0 Å². The molecule has 0 bridgehead atoms. The van der Waals surface area contributed by atoms with E-state index in [1.165, 1.54) is 0 Å². The summed E-state index contributed by atoms with van der Waals surface area (Å²) in [5.41, 5.74) is 0. The zero-order chi connectivity index (χ0) is 11.1. The number of hydrogen-bond acceptors (Lipinski definition) is 3. The largest absolute Gasteiger partial charge is 0.487 e. The predicted molar refractivity (Wildman–Crippen MR) is 61.7 cm³/mol. The second-order valence-corrected chi connectivity index (χ2v) is 3.64. The van der Waals surface area contributed by atoms with Crippen molar-refractivity contribution in [2.75, 3.05) is 27.3 Å². The Morgan fingerprint density at radius 1 is 1.33 bits per heavy atom. The Balaban J connectivity index is 2.53. The maximum atomic E-state index is 5.78. The molecule has 84 valence electrons. The second kappa shape index (κ2) is 6.67. The molecule has 1 atom stereocenters. The summed E-state index contributed by atoms with van der Waals surface area (Å²) in [6.07, 6.45) is 0.0150. The fraction of sp³-hybridized carbons (Fsp3) is 0.455. The van der Waals surface area contributed by atoms with Crippen LogP contribution in [0.5, 0.6) is 5.75 Å². The van der Waals surface area contributed by atoms with Crippen molar-refractivity contribution in [2.24, 2.45) is 0 Å². The molecule has 0 saturated heterocycles. The van der Waals surface area contributed by atoms with Crippen molar-refractivity contribution in [1.29, 1.82) is 0 Å². The van der Waals surface area contributed by atoms with E-state index in [4.69, 9.17) is 21.1 Å². The van der Waals surface area contributed by atoms with Crippen LogP contribution in [0.25, 0.3) is 0 Å². The number of halogens is 1. The van der Waals surface area contributed by atoms with Gasteiger partial charge in [0.15, 0.2) is 0 Å². The van der Waals surface area contributed by atoms with E-state index >= 15 is 0 Å². The van der Waals surface area contributed by atoms with Crippen molar-refractivity contribution in [1.82, 2.24) is 5.32 Å². The Morgan fingerprint density at radius 3 is 2.53 bits per heavy atom. The molecule has 0 aliphatic rings. The molecular formula is C11H16ClNO2. The van der Waals surface area contributed by atoms with Gasteiger partial charge in [-0.2, -0.15) is 0 Å². The zero-order valence-corrected chi connectivity index (χ0v) is 9.75. The topological polar surface area (TPSA) is 30.5 Å². The van der Waals surface area contributed by atoms with E-state index in [1.54, 1.807) is 19.2 Å². The first kappa shape index (κ1) is 12.3. The highest BCUT2D eigenvalue weighted by Crippen LogP contribution is 2.16. The SMILES string of the molecule is CNCC(COC)Oc1ccc(Cl)cc1. The van der Waals surface area contributed by atoms with Crippen LogP contribution in [0, 0.1) is 0 Å². The fourth-order valence-corrected chi connectivity index (χ4v) is 1.38. The molecule has 0 radical (unpaired) electrons. The Hall–Kier alpha value is -0.770. The highest BCUT2D eigenvalue weighted by atomic mass is 35.5. The molecule has 3 nitrogen and oxygen atoms in total. The molecule has 0 saturated carbocycles. The van der Waals surface area contributed by atoms with Gasteiger partial charge in [-0.3, -0.25) is 0 Å². The number of methoxy groups -OCH3 is 1. The van der Waals surface area contributed by atoms with Gasteiger partial charge in [0.05, 0.1) is 6.61 Å². The van der Waals surface area contributed by atoms with Crippen molar-refractivity contribution in [3.05, 3.63) is 29.3 Å². The van der Waals surface area contributed by atoms with Gasteiger partial charge in [-0.25, -0.2) is 0 Å². The second-order valence-electron chi connectivity index (χ2n) is 3.21. The fourth-order valence-electron chi connectivity index (χ4n) is 1.25. The molecule has 1 aromatic rings. The maximum absolute atomic E-state index is 5.78. The van der Waals surface area contributed by atoms with Crippen LogP contribution in [0.3, 0.4) is 0 Å². The quantitative estimate of drug-likeness (QED) is 0.809. The van der Waals surface area contributed by atoms with E-state index in [-0.39, 0.29) is 6.10 Å². The average Bonchev–Trinajstić information content (AvgIpc) is 2.22. The lowest BCUT2D eigenvalue weighted by molar-refractivity contribution is 0.0818. The van der Waals surface area contributed by atoms with E-state index in [2.05, 4.69) is 5.32 Å². The summed E-state index contributed by atoms with van der Waals surface area (Å²) in [6, 6.07) is 7.31. The summed E-state index contributed by atoms with van der Waals surface area (Å²) in [6.45, 7) is 1.31. The Labute approximate surface area is 95.3 Å². The summed E-state index contributed by atoms with van der Waals surface area (Å²) in [5.74, 6) is 0.803. The Morgan fingerprint density at radius 2 is 2.00 bits per heavy atom. The molecule has 1 rings (SSSR count). The van der Waals surface area contributed by atoms with Crippen molar-refractivity contribution in [3.8, 4) is 5.75 Å². The van der Waals surface area contributed by atoms with E-state index in [0.717, 1.165) is 12.3 Å². The monoisotopic (exact) mass is 229 g/mol. The molecule has 1 N–H and O–H groups in total. The maximum Gasteiger partial charge on any atom is 0.134 e. The summed E-state index contributed by atoms with van der Waals surface area (Å²) >= 11 is 5.78. The third-order valence-corrected chi connectivity index (χ3v) is 2.15. The zero-order valence-electron chi connectivity index (χ0n) is 9.00. The van der Waals surface area contributed by atoms with Crippen LogP contribution in [-0.2, 0) is 4.74 Å². The van der Waals surface area contributed by atoms with Crippen LogP contribution in [0.1, 0.15) is 0 Å². The minimum absolute atomic E-state index is 0.0150. The van der Waals surface area contributed by atoms with Gasteiger partial charge in [0.25, 0.3) is 0 Å². The van der Waals surface area contributed by atoms with Gasteiger partial charge in [-0.05, 0) is 31.3 Å². The van der Waals surface area contributed by atoms with Gasteiger partial charge >= 0.3 is 0 Å². The van der Waals surface area contributed by atoms with Crippen LogP contribution in [0.15, 0.2) is 24.3 Å². The first-order valence-corrected chi connectivity index (χ1v) is 5.20. The molecule has 1 unspecified atom stereocenters. The molecule has 0 aromatic heterocycles. The molecule has 0 amide bonds. The number of ether oxygens (including phenoxy) is 2. The summed E-state index contributed by atoms with van der Waals surface area (Å²) < 4.78 is 10.8. The van der Waals surface area contributed by atoms with Crippen molar-refractivity contribution >= 4 is 11.6 Å². The smallest absolute Gasteiger partial charge is 0.134 e. The number of likely N-dealkylation sites (N-methyl/N-ethyl adjacent to an activating group) is 1. The van der Waals surface area contributed by atoms with Crippen molar-refractivity contribution < 1.29 is 9.47 Å². The van der Waals surface area contributed by atoms with Gasteiger partial charge in [0.1, 0.15) is 11.9 Å². The molecule has 0 aliphatic carbocycles. The first-order chi connectivity index (χ1) is 7.26. The minimum atomic E-state index is 0.0150. The van der Waals surface area contributed by atoms with Gasteiger partial charge in [0, 0.05) is 18.7 Å². The number of rotatable bonds is 6. The average molecular weight is 230 g/mol. The lowest BCUT2D eigenvalue weighted by Crippen LogP contribution is -2.33. The lowest BCUT2D eigenvalue weighted by Gasteiger charge is -2.17. The Kier molecular flexibility index (Phi) is 5.47. The van der Waals surface area contributed by atoms with Crippen LogP contribution < -0.4 is 10.1 Å². The molecule has 0 spiro atoms. The van der Waals surface area contributed by atoms with Crippen molar-refractivity contribution in [2.45, 2.75) is 6.10 Å². The van der Waals surface area contributed by atoms with Gasteiger partial charge < -0.3 is 14.8 Å². The van der Waals surface area contributed by atoms with Crippen LogP contribution in [0.2, 0.25) is 5.02 Å². The van der Waals surface area contributed by atoms with Gasteiger partial charge in [-0.1, -0.05) is 11.6 Å². The molecule has 4 heteroatoms. The van der Waals surface area contributed by atoms with Crippen LogP contribution in [0.4, 0.5) is 0 Å². The van der Waals surface area contributed by atoms with Crippen LogP contribution in [-0.4, -0.2) is 33.4 Å².